The van der Waals surface area contributed by atoms with Crippen LogP contribution < -0.4 is 5.90 Å². The minimum atomic E-state index is 0.463. The van der Waals surface area contributed by atoms with E-state index in [0.29, 0.717) is 6.61 Å². The third-order valence-electron chi connectivity index (χ3n) is 0.709. The second kappa shape index (κ2) is 2.76. The zero-order chi connectivity index (χ0) is 5.82. The average Bonchev–Trinajstić information content (AvgIpc) is 2.19. The number of hydrogen-bond acceptors (Lipinski definition) is 4. The van der Waals surface area contributed by atoms with Gasteiger partial charge in [-0.05, 0) is 0 Å². The summed E-state index contributed by atoms with van der Waals surface area (Å²) in [6.07, 6.45) is 1.73. The largest absolute Gasteiger partial charge is 0.299 e. The molecule has 2 N–H and O–H groups in total. The van der Waals surface area contributed by atoms with Crippen LogP contribution in [0.3, 0.4) is 0 Å². The van der Waals surface area contributed by atoms with Crippen molar-refractivity contribution in [1.82, 2.24) is 4.98 Å². The molecule has 1 heterocycles. The SMILES string of the molecule is NOCc1cncs1. The number of rotatable bonds is 2. The van der Waals surface area contributed by atoms with E-state index in [9.17, 15) is 0 Å². The normalized spacial score (nSPS) is 9.62. The van der Waals surface area contributed by atoms with Gasteiger partial charge in [0.2, 0.25) is 0 Å². The monoisotopic (exact) mass is 130 g/mol. The number of hydrogen-bond donors (Lipinski definition) is 1. The van der Waals surface area contributed by atoms with Gasteiger partial charge in [-0.15, -0.1) is 11.3 Å². The Morgan fingerprint density at radius 1 is 1.88 bits per heavy atom. The first-order chi connectivity index (χ1) is 3.93. The van der Waals surface area contributed by atoms with Crippen molar-refractivity contribution >= 4 is 11.3 Å². The first-order valence-corrected chi connectivity index (χ1v) is 3.00. The fourth-order valence-electron chi connectivity index (χ4n) is 0.396. The van der Waals surface area contributed by atoms with Crippen LogP contribution in [-0.4, -0.2) is 4.98 Å². The predicted molar refractivity (Wildman–Crippen MR) is 31.1 cm³/mol. The molecule has 0 amide bonds. The molecule has 0 aliphatic heterocycles. The van der Waals surface area contributed by atoms with Crippen LogP contribution in [0.25, 0.3) is 0 Å². The van der Waals surface area contributed by atoms with Gasteiger partial charge in [0.05, 0.1) is 10.4 Å². The Bertz CT molecular complexity index is 140. The van der Waals surface area contributed by atoms with Gasteiger partial charge in [-0.25, -0.2) is 5.90 Å². The van der Waals surface area contributed by atoms with Crippen LogP contribution in [0.15, 0.2) is 11.7 Å². The number of thiazole rings is 1. The molecule has 0 atom stereocenters. The lowest BCUT2D eigenvalue weighted by atomic mass is 10.6. The van der Waals surface area contributed by atoms with Crippen molar-refractivity contribution in [3.05, 3.63) is 16.6 Å². The molecule has 0 aliphatic rings. The Labute approximate surface area is 51.1 Å². The topological polar surface area (TPSA) is 48.1 Å². The van der Waals surface area contributed by atoms with Gasteiger partial charge in [-0.1, -0.05) is 0 Å². The lowest BCUT2D eigenvalue weighted by molar-refractivity contribution is 0.126. The number of nitrogens with zero attached hydrogens (tertiary/aromatic N) is 1. The van der Waals surface area contributed by atoms with Crippen molar-refractivity contribution in [2.75, 3.05) is 0 Å². The van der Waals surface area contributed by atoms with Crippen LogP contribution in [0.1, 0.15) is 4.88 Å². The van der Waals surface area contributed by atoms with Gasteiger partial charge >= 0.3 is 0 Å². The molecule has 1 aromatic rings. The summed E-state index contributed by atoms with van der Waals surface area (Å²) in [4.78, 5) is 9.23. The summed E-state index contributed by atoms with van der Waals surface area (Å²) in [5.74, 6) is 4.80. The molecule has 0 unspecified atom stereocenters. The molecule has 8 heavy (non-hydrogen) atoms. The molecule has 3 nitrogen and oxygen atoms in total. The Hall–Kier alpha value is -0.450. The fourth-order valence-corrected chi connectivity index (χ4v) is 0.910. The van der Waals surface area contributed by atoms with Gasteiger partial charge in [0, 0.05) is 6.20 Å². The summed E-state index contributed by atoms with van der Waals surface area (Å²) in [5, 5.41) is 0. The average molecular weight is 130 g/mol. The van der Waals surface area contributed by atoms with Crippen LogP contribution in [0, 0.1) is 0 Å². The highest BCUT2D eigenvalue weighted by Crippen LogP contribution is 2.04. The van der Waals surface area contributed by atoms with E-state index in [1.807, 2.05) is 0 Å². The van der Waals surface area contributed by atoms with Crippen molar-refractivity contribution in [3.8, 4) is 0 Å². The summed E-state index contributed by atoms with van der Waals surface area (Å²) in [6, 6.07) is 0. The van der Waals surface area contributed by atoms with Crippen LogP contribution in [0.5, 0.6) is 0 Å². The minimum absolute atomic E-state index is 0.463. The maximum atomic E-state index is 4.80. The van der Waals surface area contributed by atoms with Crippen LogP contribution in [-0.2, 0) is 11.4 Å². The first kappa shape index (κ1) is 5.68. The first-order valence-electron chi connectivity index (χ1n) is 2.12. The summed E-state index contributed by atoms with van der Waals surface area (Å²) in [6.45, 7) is 0.463. The molecule has 0 aromatic carbocycles. The van der Waals surface area contributed by atoms with Gasteiger partial charge in [0.25, 0.3) is 0 Å². The molecule has 4 heteroatoms. The molecule has 1 aromatic heterocycles. The molecule has 0 fully saturated rings. The molecule has 0 spiro atoms. The van der Waals surface area contributed by atoms with E-state index in [2.05, 4.69) is 9.82 Å². The van der Waals surface area contributed by atoms with Gasteiger partial charge < -0.3 is 0 Å². The zero-order valence-electron chi connectivity index (χ0n) is 4.20. The van der Waals surface area contributed by atoms with Crippen molar-refractivity contribution in [2.24, 2.45) is 5.90 Å². The Balaban J connectivity index is 2.50. The van der Waals surface area contributed by atoms with Gasteiger partial charge in [-0.2, -0.15) is 0 Å². The maximum Gasteiger partial charge on any atom is 0.104 e. The minimum Gasteiger partial charge on any atom is -0.299 e. The summed E-state index contributed by atoms with van der Waals surface area (Å²) < 4.78 is 0. The third kappa shape index (κ3) is 1.26. The fraction of sp³-hybridized carbons (Fsp3) is 0.250. The molecule has 0 saturated heterocycles. The molecule has 0 saturated carbocycles. The number of nitrogens with two attached hydrogens (primary N) is 1. The van der Waals surface area contributed by atoms with Crippen LogP contribution in [0.2, 0.25) is 0 Å². The lowest BCUT2D eigenvalue weighted by Gasteiger charge is -1.87. The second-order valence-electron chi connectivity index (χ2n) is 1.28. The highest BCUT2D eigenvalue weighted by molar-refractivity contribution is 7.09. The van der Waals surface area contributed by atoms with Gasteiger partial charge in [0.1, 0.15) is 6.61 Å². The third-order valence-corrected chi connectivity index (χ3v) is 1.46. The van der Waals surface area contributed by atoms with E-state index >= 15 is 0 Å². The summed E-state index contributed by atoms with van der Waals surface area (Å²) in [7, 11) is 0. The lowest BCUT2D eigenvalue weighted by Crippen LogP contribution is -1.96. The highest BCUT2D eigenvalue weighted by atomic mass is 32.1. The van der Waals surface area contributed by atoms with E-state index in [-0.39, 0.29) is 0 Å². The summed E-state index contributed by atoms with van der Waals surface area (Å²) in [5.41, 5.74) is 1.74. The molecule has 44 valence electrons. The number of aromatic nitrogens is 1. The Kier molecular flexibility index (Phi) is 1.96. The van der Waals surface area contributed by atoms with E-state index in [1.54, 1.807) is 11.7 Å². The Morgan fingerprint density at radius 2 is 2.75 bits per heavy atom. The van der Waals surface area contributed by atoms with E-state index in [0.717, 1.165) is 4.88 Å². The molecule has 0 radical (unpaired) electrons. The smallest absolute Gasteiger partial charge is 0.104 e. The van der Waals surface area contributed by atoms with E-state index < -0.39 is 0 Å². The van der Waals surface area contributed by atoms with Crippen molar-refractivity contribution in [3.63, 3.8) is 0 Å². The molecular weight excluding hydrogens is 124 g/mol. The van der Waals surface area contributed by atoms with E-state index in [1.165, 1.54) is 11.3 Å². The molecule has 0 bridgehead atoms. The van der Waals surface area contributed by atoms with Crippen molar-refractivity contribution in [1.29, 1.82) is 0 Å². The van der Waals surface area contributed by atoms with Crippen molar-refractivity contribution < 1.29 is 4.84 Å². The van der Waals surface area contributed by atoms with Gasteiger partial charge in [-0.3, -0.25) is 9.82 Å². The van der Waals surface area contributed by atoms with Crippen molar-refractivity contribution in [2.45, 2.75) is 6.61 Å². The Morgan fingerprint density at radius 3 is 3.25 bits per heavy atom. The van der Waals surface area contributed by atoms with Crippen LogP contribution >= 0.6 is 11.3 Å². The van der Waals surface area contributed by atoms with E-state index in [4.69, 9.17) is 5.90 Å². The molecule has 0 aliphatic carbocycles. The molecule has 1 rings (SSSR count). The second-order valence-corrected chi connectivity index (χ2v) is 2.25. The van der Waals surface area contributed by atoms with Gasteiger partial charge in [0.15, 0.2) is 0 Å². The van der Waals surface area contributed by atoms with Crippen LogP contribution in [0.4, 0.5) is 0 Å². The molecular formula is C4H6N2OS. The quantitative estimate of drug-likeness (QED) is 0.594. The summed E-state index contributed by atoms with van der Waals surface area (Å²) >= 11 is 1.53. The predicted octanol–water partition coefficient (Wildman–Crippen LogP) is 0.533. The maximum absolute atomic E-state index is 4.80. The zero-order valence-corrected chi connectivity index (χ0v) is 5.02. The highest BCUT2D eigenvalue weighted by Gasteiger charge is 1.89. The standard InChI is InChI=1S/C4H6N2OS/c5-7-2-4-1-6-3-8-4/h1,3H,2,5H2.